The first-order valence-corrected chi connectivity index (χ1v) is 9.51. The number of aromatic nitrogens is 4. The van der Waals surface area contributed by atoms with Gasteiger partial charge >= 0.3 is 0 Å². The molecule has 3 rings (SSSR count). The SMILES string of the molecule is CCn1cc(Nc2ncc(CCc3cc(C(=O)NC)cc(OC)c3C#N)cn2)cn1. The fraction of sp³-hybridized carbons (Fsp3) is 0.286. The Labute approximate surface area is 174 Å². The van der Waals surface area contributed by atoms with Crippen molar-refractivity contribution in [1.29, 1.82) is 5.26 Å². The van der Waals surface area contributed by atoms with Crippen LogP contribution in [0.4, 0.5) is 11.6 Å². The topological polar surface area (TPSA) is 118 Å². The van der Waals surface area contributed by atoms with Crippen LogP contribution in [0.15, 0.2) is 36.9 Å². The maximum Gasteiger partial charge on any atom is 0.251 e. The number of nitriles is 1. The van der Waals surface area contributed by atoms with Crippen molar-refractivity contribution in [2.24, 2.45) is 0 Å². The highest BCUT2D eigenvalue weighted by Crippen LogP contribution is 2.25. The molecule has 0 aliphatic heterocycles. The van der Waals surface area contributed by atoms with Gasteiger partial charge in [-0.1, -0.05) is 0 Å². The van der Waals surface area contributed by atoms with Crippen molar-refractivity contribution in [2.75, 3.05) is 19.5 Å². The molecule has 9 nitrogen and oxygen atoms in total. The summed E-state index contributed by atoms with van der Waals surface area (Å²) in [6, 6.07) is 5.47. The number of rotatable bonds is 8. The summed E-state index contributed by atoms with van der Waals surface area (Å²) in [6.07, 6.45) is 8.24. The van der Waals surface area contributed by atoms with Crippen LogP contribution in [-0.2, 0) is 19.4 Å². The van der Waals surface area contributed by atoms with E-state index < -0.39 is 0 Å². The van der Waals surface area contributed by atoms with Crippen LogP contribution in [0.1, 0.15) is 34.0 Å². The highest BCUT2D eigenvalue weighted by Gasteiger charge is 2.15. The van der Waals surface area contributed by atoms with Crippen LogP contribution >= 0.6 is 0 Å². The molecule has 0 fully saturated rings. The fourth-order valence-electron chi connectivity index (χ4n) is 2.99. The van der Waals surface area contributed by atoms with Gasteiger partial charge in [0.2, 0.25) is 5.95 Å². The van der Waals surface area contributed by atoms with Gasteiger partial charge in [-0.2, -0.15) is 10.4 Å². The van der Waals surface area contributed by atoms with Crippen LogP contribution in [0.25, 0.3) is 0 Å². The highest BCUT2D eigenvalue weighted by molar-refractivity contribution is 5.95. The average Bonchev–Trinajstić information content (AvgIpc) is 3.24. The van der Waals surface area contributed by atoms with E-state index >= 15 is 0 Å². The summed E-state index contributed by atoms with van der Waals surface area (Å²) >= 11 is 0. The maximum absolute atomic E-state index is 12.0. The number of methoxy groups -OCH3 is 1. The summed E-state index contributed by atoms with van der Waals surface area (Å²) in [6.45, 7) is 2.80. The van der Waals surface area contributed by atoms with Crippen molar-refractivity contribution in [3.8, 4) is 11.8 Å². The predicted molar refractivity (Wildman–Crippen MR) is 112 cm³/mol. The number of hydrogen-bond acceptors (Lipinski definition) is 7. The van der Waals surface area contributed by atoms with Gasteiger partial charge < -0.3 is 15.4 Å². The summed E-state index contributed by atoms with van der Waals surface area (Å²) in [5.41, 5.74) is 3.35. The smallest absolute Gasteiger partial charge is 0.251 e. The van der Waals surface area contributed by atoms with Crippen LogP contribution in [-0.4, -0.2) is 39.8 Å². The second-order valence-electron chi connectivity index (χ2n) is 6.53. The molecule has 2 aromatic heterocycles. The van der Waals surface area contributed by atoms with Gasteiger partial charge in [-0.25, -0.2) is 9.97 Å². The standard InChI is InChI=1S/C21H23N7O2/c1-4-28-13-17(12-26-28)27-21-24-10-14(11-25-21)5-6-15-7-16(20(29)23-2)8-19(30-3)18(15)9-22/h7-8,10-13H,4-6H2,1-3H3,(H,23,29)(H,24,25,27). The number of carbonyl (C=O) groups excluding carboxylic acids is 1. The van der Waals surface area contributed by atoms with Gasteiger partial charge in [-0.05, 0) is 43.0 Å². The van der Waals surface area contributed by atoms with Gasteiger partial charge in [0.1, 0.15) is 11.8 Å². The van der Waals surface area contributed by atoms with Crippen LogP contribution in [0.2, 0.25) is 0 Å². The molecule has 0 aliphatic carbocycles. The third-order valence-electron chi connectivity index (χ3n) is 4.61. The second-order valence-corrected chi connectivity index (χ2v) is 6.53. The number of aryl methyl sites for hydroxylation is 3. The van der Waals surface area contributed by atoms with Gasteiger partial charge in [-0.3, -0.25) is 9.48 Å². The molecular formula is C21H23N7O2. The zero-order valence-corrected chi connectivity index (χ0v) is 17.1. The molecule has 2 N–H and O–H groups in total. The first-order valence-electron chi connectivity index (χ1n) is 9.51. The van der Waals surface area contributed by atoms with Crippen LogP contribution in [0.3, 0.4) is 0 Å². The fourth-order valence-corrected chi connectivity index (χ4v) is 2.99. The van der Waals surface area contributed by atoms with E-state index in [4.69, 9.17) is 4.74 Å². The van der Waals surface area contributed by atoms with Crippen molar-refractivity contribution in [3.63, 3.8) is 0 Å². The molecule has 1 amide bonds. The number of carbonyl (C=O) groups is 1. The minimum Gasteiger partial charge on any atom is -0.495 e. The van der Waals surface area contributed by atoms with Gasteiger partial charge in [-0.15, -0.1) is 0 Å². The Morgan fingerprint density at radius 2 is 2.00 bits per heavy atom. The zero-order valence-electron chi connectivity index (χ0n) is 17.1. The Bertz CT molecular complexity index is 1070. The lowest BCUT2D eigenvalue weighted by Crippen LogP contribution is -2.18. The Morgan fingerprint density at radius 3 is 2.60 bits per heavy atom. The Balaban J connectivity index is 1.73. The molecule has 0 unspecified atom stereocenters. The molecule has 0 spiro atoms. The summed E-state index contributed by atoms with van der Waals surface area (Å²) < 4.78 is 7.11. The van der Waals surface area contributed by atoms with Crippen molar-refractivity contribution in [3.05, 3.63) is 59.2 Å². The lowest BCUT2D eigenvalue weighted by atomic mass is 9.97. The molecule has 0 saturated heterocycles. The van der Waals surface area contributed by atoms with E-state index in [0.29, 0.717) is 35.7 Å². The maximum atomic E-state index is 12.0. The molecule has 0 saturated carbocycles. The summed E-state index contributed by atoms with van der Waals surface area (Å²) in [7, 11) is 3.05. The third kappa shape index (κ3) is 4.72. The Morgan fingerprint density at radius 1 is 1.23 bits per heavy atom. The number of anilines is 2. The normalized spacial score (nSPS) is 10.3. The average molecular weight is 405 g/mol. The molecule has 2 heterocycles. The number of amides is 1. The quantitative estimate of drug-likeness (QED) is 0.591. The monoisotopic (exact) mass is 405 g/mol. The van der Waals surface area contributed by atoms with E-state index in [-0.39, 0.29) is 5.91 Å². The summed E-state index contributed by atoms with van der Waals surface area (Å²) in [4.78, 5) is 20.7. The van der Waals surface area contributed by atoms with Crippen LogP contribution in [0.5, 0.6) is 5.75 Å². The molecule has 0 atom stereocenters. The van der Waals surface area contributed by atoms with Crippen molar-refractivity contribution < 1.29 is 9.53 Å². The molecule has 30 heavy (non-hydrogen) atoms. The number of ether oxygens (including phenoxy) is 1. The first-order chi connectivity index (χ1) is 14.6. The highest BCUT2D eigenvalue weighted by atomic mass is 16.5. The Hall–Kier alpha value is -3.93. The zero-order chi connectivity index (χ0) is 21.5. The van der Waals surface area contributed by atoms with Crippen LogP contribution < -0.4 is 15.4 Å². The summed E-state index contributed by atoms with van der Waals surface area (Å²) in [5.74, 6) is 0.636. The molecule has 0 bridgehead atoms. The second kappa shape index (κ2) is 9.52. The lowest BCUT2D eigenvalue weighted by molar-refractivity contribution is 0.0962. The van der Waals surface area contributed by atoms with Gasteiger partial charge in [0, 0.05) is 37.7 Å². The van der Waals surface area contributed by atoms with E-state index in [1.54, 1.807) is 37.8 Å². The number of nitrogens with zero attached hydrogens (tertiary/aromatic N) is 5. The van der Waals surface area contributed by atoms with E-state index in [1.165, 1.54) is 7.11 Å². The minimum absolute atomic E-state index is 0.232. The largest absolute Gasteiger partial charge is 0.495 e. The first kappa shape index (κ1) is 20.8. The number of benzene rings is 1. The molecule has 154 valence electrons. The summed E-state index contributed by atoms with van der Waals surface area (Å²) in [5, 5.41) is 19.4. The minimum atomic E-state index is -0.232. The third-order valence-corrected chi connectivity index (χ3v) is 4.61. The van der Waals surface area contributed by atoms with Gasteiger partial charge in [0.15, 0.2) is 0 Å². The molecule has 1 aromatic carbocycles. The van der Waals surface area contributed by atoms with Crippen molar-refractivity contribution >= 4 is 17.5 Å². The predicted octanol–water partition coefficient (Wildman–Crippen LogP) is 2.46. The molecular weight excluding hydrogens is 382 g/mol. The van der Waals surface area contributed by atoms with E-state index in [0.717, 1.165) is 23.4 Å². The van der Waals surface area contributed by atoms with E-state index in [9.17, 15) is 10.1 Å². The van der Waals surface area contributed by atoms with Gasteiger partial charge in [0.25, 0.3) is 5.91 Å². The lowest BCUT2D eigenvalue weighted by Gasteiger charge is -2.12. The molecule has 0 aliphatic rings. The van der Waals surface area contributed by atoms with E-state index in [2.05, 4.69) is 31.8 Å². The van der Waals surface area contributed by atoms with Crippen molar-refractivity contribution in [2.45, 2.75) is 26.3 Å². The van der Waals surface area contributed by atoms with E-state index in [1.807, 2.05) is 17.8 Å². The number of nitrogens with one attached hydrogen (secondary N) is 2. The molecule has 3 aromatic rings. The molecule has 0 radical (unpaired) electrons. The van der Waals surface area contributed by atoms with Crippen molar-refractivity contribution in [1.82, 2.24) is 25.1 Å². The Kier molecular flexibility index (Phi) is 6.60. The molecule has 9 heteroatoms. The van der Waals surface area contributed by atoms with Crippen LogP contribution in [0, 0.1) is 11.3 Å². The van der Waals surface area contributed by atoms with Gasteiger partial charge in [0.05, 0.1) is 24.6 Å². The number of hydrogen-bond donors (Lipinski definition) is 2.